The van der Waals surface area contributed by atoms with Crippen LogP contribution in [0.3, 0.4) is 0 Å². The number of fused-ring (bicyclic) bond motifs is 1. The highest BCUT2D eigenvalue weighted by Gasteiger charge is 2.11. The van der Waals surface area contributed by atoms with E-state index >= 15 is 0 Å². The third-order valence-corrected chi connectivity index (χ3v) is 4.14. The Bertz CT molecular complexity index is 840. The third kappa shape index (κ3) is 3.40. The summed E-state index contributed by atoms with van der Waals surface area (Å²) in [5, 5.41) is 10.8. The summed E-state index contributed by atoms with van der Waals surface area (Å²) in [7, 11) is 0. The molecule has 0 aliphatic heterocycles. The van der Waals surface area contributed by atoms with Gasteiger partial charge in [0.05, 0.1) is 17.3 Å². The van der Waals surface area contributed by atoms with Gasteiger partial charge in [-0.15, -0.1) is 0 Å². The number of nitrogens with one attached hydrogen (secondary N) is 2. The topological polar surface area (TPSA) is 61.0 Å². The second-order valence-electron chi connectivity index (χ2n) is 5.81. The summed E-state index contributed by atoms with van der Waals surface area (Å²) in [6.45, 7) is 6.46. The van der Waals surface area contributed by atoms with E-state index in [0.717, 1.165) is 24.0 Å². The first-order valence-corrected chi connectivity index (χ1v) is 8.21. The second-order valence-corrected chi connectivity index (χ2v) is 5.81. The zero-order chi connectivity index (χ0) is 16.9. The van der Waals surface area contributed by atoms with Gasteiger partial charge < -0.3 is 10.2 Å². The highest BCUT2D eigenvalue weighted by molar-refractivity contribution is 6.05. The lowest BCUT2D eigenvalue weighted by Gasteiger charge is -2.23. The number of anilines is 1. The summed E-state index contributed by atoms with van der Waals surface area (Å²) in [5.41, 5.74) is 3.83. The van der Waals surface area contributed by atoms with E-state index in [2.05, 4.69) is 58.5 Å². The van der Waals surface area contributed by atoms with Crippen molar-refractivity contribution in [1.82, 2.24) is 15.5 Å². The summed E-state index contributed by atoms with van der Waals surface area (Å²) in [6, 6.07) is 14.0. The summed E-state index contributed by atoms with van der Waals surface area (Å²) in [5.74, 6) is -0.0786. The number of likely N-dealkylation sites (N-methyl/N-ethyl adjacent to an activating group) is 1. The quantitative estimate of drug-likeness (QED) is 0.733. The van der Waals surface area contributed by atoms with Crippen LogP contribution in [0.2, 0.25) is 0 Å². The molecule has 2 N–H and O–H groups in total. The average molecular weight is 322 g/mol. The SMILES string of the molecule is CCN(CCNC(=O)c1cccc2cn[nH]c12)c1cccc(C)c1. The van der Waals surface area contributed by atoms with Gasteiger partial charge in [0, 0.05) is 30.7 Å². The molecular formula is C19H22N4O. The largest absolute Gasteiger partial charge is 0.370 e. The zero-order valence-corrected chi connectivity index (χ0v) is 14.0. The molecule has 124 valence electrons. The maximum atomic E-state index is 12.4. The molecule has 0 saturated carbocycles. The number of nitrogens with zero attached hydrogens (tertiary/aromatic N) is 2. The van der Waals surface area contributed by atoms with Crippen LogP contribution in [-0.4, -0.2) is 35.7 Å². The Morgan fingerprint density at radius 1 is 1.25 bits per heavy atom. The number of para-hydroxylation sites is 1. The van der Waals surface area contributed by atoms with Gasteiger partial charge in [0.25, 0.3) is 5.91 Å². The van der Waals surface area contributed by atoms with E-state index in [1.807, 2.05) is 18.2 Å². The maximum absolute atomic E-state index is 12.4. The summed E-state index contributed by atoms with van der Waals surface area (Å²) >= 11 is 0. The van der Waals surface area contributed by atoms with Crippen LogP contribution in [-0.2, 0) is 0 Å². The lowest BCUT2D eigenvalue weighted by atomic mass is 10.1. The molecule has 1 heterocycles. The number of hydrogen-bond donors (Lipinski definition) is 2. The standard InChI is InChI=1S/C19H22N4O/c1-3-23(16-8-4-6-14(2)12-16)11-10-20-19(24)17-9-5-7-15-13-21-22-18(15)17/h4-9,12-13H,3,10-11H2,1-2H3,(H,20,24)(H,21,22). The van der Waals surface area contributed by atoms with Crippen LogP contribution in [0.1, 0.15) is 22.8 Å². The molecule has 1 aromatic heterocycles. The zero-order valence-electron chi connectivity index (χ0n) is 14.0. The van der Waals surface area contributed by atoms with E-state index in [-0.39, 0.29) is 5.91 Å². The van der Waals surface area contributed by atoms with Gasteiger partial charge in [0.15, 0.2) is 0 Å². The molecule has 5 heteroatoms. The van der Waals surface area contributed by atoms with Crippen molar-refractivity contribution in [3.63, 3.8) is 0 Å². The van der Waals surface area contributed by atoms with E-state index < -0.39 is 0 Å². The monoisotopic (exact) mass is 322 g/mol. The predicted octanol–water partition coefficient (Wildman–Crippen LogP) is 3.13. The van der Waals surface area contributed by atoms with Crippen molar-refractivity contribution in [2.24, 2.45) is 0 Å². The van der Waals surface area contributed by atoms with E-state index in [4.69, 9.17) is 0 Å². The van der Waals surface area contributed by atoms with Crippen molar-refractivity contribution in [2.45, 2.75) is 13.8 Å². The van der Waals surface area contributed by atoms with Crippen LogP contribution in [0.5, 0.6) is 0 Å². The first-order valence-electron chi connectivity index (χ1n) is 8.21. The molecule has 0 unspecified atom stereocenters. The van der Waals surface area contributed by atoms with Gasteiger partial charge in [0.2, 0.25) is 0 Å². The molecule has 0 atom stereocenters. The average Bonchev–Trinajstić information content (AvgIpc) is 3.07. The Morgan fingerprint density at radius 3 is 2.88 bits per heavy atom. The molecule has 0 radical (unpaired) electrons. The van der Waals surface area contributed by atoms with Gasteiger partial charge in [-0.1, -0.05) is 24.3 Å². The number of aromatic nitrogens is 2. The molecule has 0 bridgehead atoms. The Labute approximate surface area is 141 Å². The Hall–Kier alpha value is -2.82. The molecule has 0 aliphatic rings. The molecule has 3 rings (SSSR count). The molecule has 3 aromatic rings. The minimum atomic E-state index is -0.0786. The van der Waals surface area contributed by atoms with E-state index in [1.54, 1.807) is 6.20 Å². The van der Waals surface area contributed by atoms with Crippen LogP contribution >= 0.6 is 0 Å². The first kappa shape index (κ1) is 16.1. The summed E-state index contributed by atoms with van der Waals surface area (Å²) in [4.78, 5) is 14.7. The molecular weight excluding hydrogens is 300 g/mol. The van der Waals surface area contributed by atoms with Crippen LogP contribution in [0, 0.1) is 6.92 Å². The van der Waals surface area contributed by atoms with Crippen LogP contribution in [0.25, 0.3) is 10.9 Å². The first-order chi connectivity index (χ1) is 11.7. The highest BCUT2D eigenvalue weighted by atomic mass is 16.1. The van der Waals surface area contributed by atoms with E-state index in [0.29, 0.717) is 12.1 Å². The number of aromatic amines is 1. The number of H-pyrrole nitrogens is 1. The third-order valence-electron chi connectivity index (χ3n) is 4.14. The predicted molar refractivity (Wildman–Crippen MR) is 97.5 cm³/mol. The number of carbonyl (C=O) groups is 1. The molecule has 0 spiro atoms. The molecule has 1 amide bonds. The lowest BCUT2D eigenvalue weighted by Crippen LogP contribution is -2.35. The van der Waals surface area contributed by atoms with Crippen LogP contribution < -0.4 is 10.2 Å². The van der Waals surface area contributed by atoms with Gasteiger partial charge in [-0.05, 0) is 37.6 Å². The van der Waals surface area contributed by atoms with Gasteiger partial charge in [0.1, 0.15) is 0 Å². The molecule has 24 heavy (non-hydrogen) atoms. The Kier molecular flexibility index (Phi) is 4.79. The number of amides is 1. The highest BCUT2D eigenvalue weighted by Crippen LogP contribution is 2.16. The number of aryl methyl sites for hydroxylation is 1. The van der Waals surface area contributed by atoms with E-state index in [1.165, 1.54) is 11.3 Å². The fraction of sp³-hybridized carbons (Fsp3) is 0.263. The van der Waals surface area contributed by atoms with Gasteiger partial charge in [-0.3, -0.25) is 9.89 Å². The number of carbonyl (C=O) groups excluding carboxylic acids is 1. The smallest absolute Gasteiger partial charge is 0.253 e. The minimum Gasteiger partial charge on any atom is -0.370 e. The van der Waals surface area contributed by atoms with Crippen LogP contribution in [0.4, 0.5) is 5.69 Å². The molecule has 0 saturated heterocycles. The summed E-state index contributed by atoms with van der Waals surface area (Å²) in [6.07, 6.45) is 1.72. The van der Waals surface area contributed by atoms with Gasteiger partial charge in [-0.2, -0.15) is 5.10 Å². The van der Waals surface area contributed by atoms with E-state index in [9.17, 15) is 4.79 Å². The number of hydrogen-bond acceptors (Lipinski definition) is 3. The normalized spacial score (nSPS) is 10.8. The second kappa shape index (κ2) is 7.17. The summed E-state index contributed by atoms with van der Waals surface area (Å²) < 4.78 is 0. The fourth-order valence-electron chi connectivity index (χ4n) is 2.85. The van der Waals surface area contributed by atoms with Gasteiger partial charge in [-0.25, -0.2) is 0 Å². The maximum Gasteiger partial charge on any atom is 0.253 e. The fourth-order valence-corrected chi connectivity index (χ4v) is 2.85. The van der Waals surface area contributed by atoms with Gasteiger partial charge >= 0.3 is 0 Å². The molecule has 0 fully saturated rings. The van der Waals surface area contributed by atoms with Crippen molar-refractivity contribution in [1.29, 1.82) is 0 Å². The van der Waals surface area contributed by atoms with Crippen molar-refractivity contribution in [3.8, 4) is 0 Å². The Morgan fingerprint density at radius 2 is 2.08 bits per heavy atom. The van der Waals surface area contributed by atoms with Crippen molar-refractivity contribution in [3.05, 3.63) is 59.8 Å². The molecule has 0 aliphatic carbocycles. The lowest BCUT2D eigenvalue weighted by molar-refractivity contribution is 0.0956. The number of benzene rings is 2. The van der Waals surface area contributed by atoms with Crippen LogP contribution in [0.15, 0.2) is 48.7 Å². The molecule has 2 aromatic carbocycles. The number of rotatable bonds is 6. The van der Waals surface area contributed by atoms with Crippen molar-refractivity contribution < 1.29 is 4.79 Å². The van der Waals surface area contributed by atoms with Crippen molar-refractivity contribution in [2.75, 3.05) is 24.5 Å². The molecule has 5 nitrogen and oxygen atoms in total. The Balaban J connectivity index is 1.63. The van der Waals surface area contributed by atoms with Crippen molar-refractivity contribution >= 4 is 22.5 Å². The minimum absolute atomic E-state index is 0.0786.